The Hall–Kier alpha value is -2.37. The third-order valence-electron chi connectivity index (χ3n) is 3.32. The molecular formula is C14H15NO5. The number of ether oxygens (including phenoxy) is 2. The fourth-order valence-corrected chi connectivity index (χ4v) is 2.36. The summed E-state index contributed by atoms with van der Waals surface area (Å²) in [7, 11) is 2.50. The van der Waals surface area contributed by atoms with Gasteiger partial charge in [0, 0.05) is 17.8 Å². The summed E-state index contributed by atoms with van der Waals surface area (Å²) in [6.07, 6.45) is 0. The Morgan fingerprint density at radius 1 is 1.25 bits per heavy atom. The van der Waals surface area contributed by atoms with E-state index in [-0.39, 0.29) is 5.91 Å². The Labute approximate surface area is 116 Å². The van der Waals surface area contributed by atoms with Gasteiger partial charge in [-0.1, -0.05) is 0 Å². The molecule has 0 radical (unpaired) electrons. The first-order chi connectivity index (χ1) is 9.54. The van der Waals surface area contributed by atoms with Crippen LogP contribution in [-0.4, -0.2) is 38.6 Å². The van der Waals surface area contributed by atoms with Gasteiger partial charge in [-0.15, -0.1) is 0 Å². The fraction of sp³-hybridized carbons (Fsp3) is 0.357. The summed E-state index contributed by atoms with van der Waals surface area (Å²) in [6, 6.07) is 4.72. The summed E-state index contributed by atoms with van der Waals surface area (Å²) in [5.41, 5.74) is 1.40. The number of hydrogen-bond acceptors (Lipinski definition) is 5. The molecular weight excluding hydrogens is 262 g/mol. The van der Waals surface area contributed by atoms with Gasteiger partial charge in [0.1, 0.15) is 0 Å². The predicted octanol–water partition coefficient (Wildman–Crippen LogP) is 1.10. The van der Waals surface area contributed by atoms with E-state index in [0.29, 0.717) is 23.4 Å². The molecule has 1 aromatic rings. The van der Waals surface area contributed by atoms with Gasteiger partial charge in [-0.2, -0.15) is 0 Å². The van der Waals surface area contributed by atoms with Crippen molar-refractivity contribution in [3.63, 3.8) is 0 Å². The maximum absolute atomic E-state index is 12.3. The monoisotopic (exact) mass is 277 g/mol. The van der Waals surface area contributed by atoms with Crippen molar-refractivity contribution >= 4 is 23.5 Å². The van der Waals surface area contributed by atoms with Gasteiger partial charge in [0.25, 0.3) is 0 Å². The normalized spacial score (nSPS) is 16.9. The molecule has 1 aliphatic rings. The van der Waals surface area contributed by atoms with Gasteiger partial charge in [0.05, 0.1) is 19.8 Å². The SMILES string of the molecule is CCN1C(=O)C(C(=O)OC)c2cc(C(=O)OC)ccc21. The van der Waals surface area contributed by atoms with Gasteiger partial charge in [0.2, 0.25) is 5.91 Å². The second-order valence-corrected chi connectivity index (χ2v) is 4.30. The van der Waals surface area contributed by atoms with Crippen molar-refractivity contribution in [3.05, 3.63) is 29.3 Å². The lowest BCUT2D eigenvalue weighted by atomic mass is 9.99. The highest BCUT2D eigenvalue weighted by atomic mass is 16.5. The molecule has 1 amide bonds. The highest BCUT2D eigenvalue weighted by Crippen LogP contribution is 2.38. The van der Waals surface area contributed by atoms with Gasteiger partial charge in [-0.3, -0.25) is 9.59 Å². The van der Waals surface area contributed by atoms with E-state index in [9.17, 15) is 14.4 Å². The van der Waals surface area contributed by atoms with Crippen LogP contribution in [0.2, 0.25) is 0 Å². The minimum Gasteiger partial charge on any atom is -0.468 e. The molecule has 1 unspecified atom stereocenters. The van der Waals surface area contributed by atoms with Crippen LogP contribution in [0.1, 0.15) is 28.8 Å². The standard InChI is InChI=1S/C14H15NO5/c1-4-15-10-6-5-8(13(17)19-2)7-9(10)11(12(15)16)14(18)20-3/h5-7,11H,4H2,1-3H3. The number of fused-ring (bicyclic) bond motifs is 1. The molecule has 106 valence electrons. The average Bonchev–Trinajstić information content (AvgIpc) is 2.76. The number of amides is 1. The number of anilines is 1. The molecule has 0 bridgehead atoms. The number of esters is 2. The molecule has 1 atom stereocenters. The third-order valence-corrected chi connectivity index (χ3v) is 3.32. The summed E-state index contributed by atoms with van der Waals surface area (Å²) < 4.78 is 9.32. The highest BCUT2D eigenvalue weighted by molar-refractivity contribution is 6.16. The van der Waals surface area contributed by atoms with Gasteiger partial charge in [-0.25, -0.2) is 4.79 Å². The number of methoxy groups -OCH3 is 2. The molecule has 1 aromatic carbocycles. The lowest BCUT2D eigenvalue weighted by Gasteiger charge is -2.14. The number of nitrogens with zero attached hydrogens (tertiary/aromatic N) is 1. The topological polar surface area (TPSA) is 72.9 Å². The average molecular weight is 277 g/mol. The van der Waals surface area contributed by atoms with E-state index in [1.54, 1.807) is 12.1 Å². The molecule has 20 heavy (non-hydrogen) atoms. The molecule has 2 rings (SSSR count). The van der Waals surface area contributed by atoms with Crippen LogP contribution in [-0.2, 0) is 19.1 Å². The van der Waals surface area contributed by atoms with E-state index >= 15 is 0 Å². The van der Waals surface area contributed by atoms with Crippen LogP contribution in [0.5, 0.6) is 0 Å². The molecule has 0 saturated heterocycles. The maximum atomic E-state index is 12.3. The minimum atomic E-state index is -1.01. The van der Waals surface area contributed by atoms with Crippen molar-refractivity contribution in [1.29, 1.82) is 0 Å². The maximum Gasteiger partial charge on any atom is 0.337 e. The number of rotatable bonds is 3. The van der Waals surface area contributed by atoms with Crippen molar-refractivity contribution in [2.24, 2.45) is 0 Å². The van der Waals surface area contributed by atoms with Gasteiger partial charge in [-0.05, 0) is 25.1 Å². The van der Waals surface area contributed by atoms with E-state index in [1.807, 2.05) is 6.92 Å². The van der Waals surface area contributed by atoms with Crippen LogP contribution < -0.4 is 4.90 Å². The number of carbonyl (C=O) groups is 3. The number of carbonyl (C=O) groups excluding carboxylic acids is 3. The van der Waals surface area contributed by atoms with Crippen molar-refractivity contribution in [1.82, 2.24) is 0 Å². The molecule has 0 N–H and O–H groups in total. The Morgan fingerprint density at radius 2 is 1.95 bits per heavy atom. The second kappa shape index (κ2) is 5.32. The first kappa shape index (κ1) is 14.0. The summed E-state index contributed by atoms with van der Waals surface area (Å²) in [4.78, 5) is 37.1. The van der Waals surface area contributed by atoms with Gasteiger partial charge in [0.15, 0.2) is 5.92 Å². The molecule has 6 nitrogen and oxygen atoms in total. The van der Waals surface area contributed by atoms with Crippen molar-refractivity contribution in [2.45, 2.75) is 12.8 Å². The van der Waals surface area contributed by atoms with Crippen molar-refractivity contribution in [3.8, 4) is 0 Å². The summed E-state index contributed by atoms with van der Waals surface area (Å²) in [5.74, 6) is -2.50. The van der Waals surface area contributed by atoms with Crippen molar-refractivity contribution in [2.75, 3.05) is 25.7 Å². The van der Waals surface area contributed by atoms with E-state index in [0.717, 1.165) is 0 Å². The van der Waals surface area contributed by atoms with Crippen molar-refractivity contribution < 1.29 is 23.9 Å². The lowest BCUT2D eigenvalue weighted by molar-refractivity contribution is -0.145. The largest absolute Gasteiger partial charge is 0.468 e. The summed E-state index contributed by atoms with van der Waals surface area (Å²) in [5, 5.41) is 0. The molecule has 0 saturated carbocycles. The third kappa shape index (κ3) is 2.03. The Balaban J connectivity index is 2.55. The first-order valence-corrected chi connectivity index (χ1v) is 6.16. The van der Waals surface area contributed by atoms with Crippen LogP contribution in [0.25, 0.3) is 0 Å². The van der Waals surface area contributed by atoms with Gasteiger partial charge < -0.3 is 14.4 Å². The zero-order valence-electron chi connectivity index (χ0n) is 11.5. The van der Waals surface area contributed by atoms with Crippen LogP contribution in [0.15, 0.2) is 18.2 Å². The van der Waals surface area contributed by atoms with Crippen LogP contribution in [0.4, 0.5) is 5.69 Å². The zero-order chi connectivity index (χ0) is 14.9. The Kier molecular flexibility index (Phi) is 3.74. The quantitative estimate of drug-likeness (QED) is 0.611. The summed E-state index contributed by atoms with van der Waals surface area (Å²) in [6.45, 7) is 2.26. The first-order valence-electron chi connectivity index (χ1n) is 6.16. The predicted molar refractivity (Wildman–Crippen MR) is 70.6 cm³/mol. The molecule has 6 heteroatoms. The van der Waals surface area contributed by atoms with Crippen LogP contribution in [0.3, 0.4) is 0 Å². The Bertz CT molecular complexity index is 581. The molecule has 1 aliphatic heterocycles. The summed E-state index contributed by atoms with van der Waals surface area (Å²) >= 11 is 0. The van der Waals surface area contributed by atoms with Crippen LogP contribution in [0, 0.1) is 0 Å². The van der Waals surface area contributed by atoms with E-state index in [1.165, 1.54) is 25.2 Å². The second-order valence-electron chi connectivity index (χ2n) is 4.30. The molecule has 0 aliphatic carbocycles. The molecule has 0 aromatic heterocycles. The van der Waals surface area contributed by atoms with E-state index < -0.39 is 17.9 Å². The van der Waals surface area contributed by atoms with Crippen LogP contribution >= 0.6 is 0 Å². The number of likely N-dealkylation sites (N-methyl/N-ethyl adjacent to an activating group) is 1. The minimum absolute atomic E-state index is 0.297. The molecule has 0 fully saturated rings. The number of hydrogen-bond donors (Lipinski definition) is 0. The fourth-order valence-electron chi connectivity index (χ4n) is 2.36. The molecule has 1 heterocycles. The zero-order valence-corrected chi connectivity index (χ0v) is 11.5. The van der Waals surface area contributed by atoms with E-state index in [4.69, 9.17) is 0 Å². The number of benzene rings is 1. The molecule has 0 spiro atoms. The van der Waals surface area contributed by atoms with E-state index in [2.05, 4.69) is 9.47 Å². The smallest absolute Gasteiger partial charge is 0.337 e. The van der Waals surface area contributed by atoms with Gasteiger partial charge >= 0.3 is 11.9 Å². The lowest BCUT2D eigenvalue weighted by Crippen LogP contribution is -2.31. The Morgan fingerprint density at radius 3 is 2.50 bits per heavy atom. The highest BCUT2D eigenvalue weighted by Gasteiger charge is 2.42.